The minimum absolute atomic E-state index is 0.143. The predicted molar refractivity (Wildman–Crippen MR) is 86.9 cm³/mol. The van der Waals surface area contributed by atoms with Crippen molar-refractivity contribution in [2.45, 2.75) is 6.92 Å². The third-order valence-corrected chi connectivity index (χ3v) is 4.27. The second-order valence-electron chi connectivity index (χ2n) is 4.87. The Labute approximate surface area is 129 Å². The van der Waals surface area contributed by atoms with E-state index in [4.69, 9.17) is 0 Å². The van der Waals surface area contributed by atoms with Gasteiger partial charge in [-0.05, 0) is 47.7 Å². The summed E-state index contributed by atoms with van der Waals surface area (Å²) in [5.41, 5.74) is 1.12. The number of benzene rings is 1. The number of pyridine rings is 1. The van der Waals surface area contributed by atoms with Crippen molar-refractivity contribution in [3.63, 3.8) is 0 Å². The Bertz CT molecular complexity index is 935. The Morgan fingerprint density at radius 1 is 1.23 bits per heavy atom. The van der Waals surface area contributed by atoms with E-state index >= 15 is 0 Å². The molecule has 5 heteroatoms. The number of nitrogens with one attached hydrogen (secondary N) is 1. The zero-order valence-electron chi connectivity index (χ0n) is 11.7. The molecule has 3 aromatic rings. The molecule has 0 amide bonds. The first-order valence-electron chi connectivity index (χ1n) is 6.64. The maximum absolute atomic E-state index is 12.8. The van der Waals surface area contributed by atoms with Gasteiger partial charge >= 0.3 is 0 Å². The van der Waals surface area contributed by atoms with Crippen LogP contribution in [0.1, 0.15) is 21.5 Å². The van der Waals surface area contributed by atoms with Gasteiger partial charge in [0.15, 0.2) is 5.78 Å². The summed E-state index contributed by atoms with van der Waals surface area (Å²) in [5, 5.41) is 2.75. The Balaban J connectivity index is 1.98. The first kappa shape index (κ1) is 14.4. The third-order valence-electron chi connectivity index (χ3n) is 3.44. The minimum Gasteiger partial charge on any atom is -0.313 e. The zero-order chi connectivity index (χ0) is 15.7. The van der Waals surface area contributed by atoms with Crippen LogP contribution in [0.2, 0.25) is 0 Å². The Hall–Kier alpha value is -2.53. The Kier molecular flexibility index (Phi) is 3.73. The number of ketones is 1. The van der Waals surface area contributed by atoms with Crippen LogP contribution in [0, 0.1) is 12.7 Å². The summed E-state index contributed by atoms with van der Waals surface area (Å²) in [6, 6.07) is 7.65. The number of thiophene rings is 1. The fourth-order valence-electron chi connectivity index (χ4n) is 2.30. The van der Waals surface area contributed by atoms with Crippen LogP contribution in [-0.4, -0.2) is 10.8 Å². The Morgan fingerprint density at radius 3 is 2.68 bits per heavy atom. The first-order chi connectivity index (χ1) is 10.6. The van der Waals surface area contributed by atoms with Crippen LogP contribution in [0.5, 0.6) is 0 Å². The van der Waals surface area contributed by atoms with Crippen LogP contribution in [0.4, 0.5) is 4.39 Å². The molecule has 0 spiro atoms. The van der Waals surface area contributed by atoms with Crippen LogP contribution in [0.25, 0.3) is 16.3 Å². The van der Waals surface area contributed by atoms with Gasteiger partial charge in [-0.25, -0.2) is 4.39 Å². The molecule has 0 aliphatic heterocycles. The molecule has 0 bridgehead atoms. The number of aryl methyl sites for hydroxylation is 1. The number of H-pyrrole nitrogens is 1. The quantitative estimate of drug-likeness (QED) is 0.588. The van der Waals surface area contributed by atoms with E-state index < -0.39 is 0 Å². The monoisotopic (exact) mass is 313 g/mol. The van der Waals surface area contributed by atoms with E-state index in [9.17, 15) is 14.0 Å². The summed E-state index contributed by atoms with van der Waals surface area (Å²) in [6.07, 6.45) is 2.90. The standard InChI is InChI=1S/C17H12FNO2S/c1-10-13-8-9-22-17(13)19-16(21)15(10)14(20)7-4-11-2-5-12(18)6-3-11/h2-9H,1H3,(H,19,21)/b7-4+. The van der Waals surface area contributed by atoms with E-state index in [-0.39, 0.29) is 22.7 Å². The van der Waals surface area contributed by atoms with Gasteiger partial charge < -0.3 is 4.98 Å². The maximum Gasteiger partial charge on any atom is 0.260 e. The van der Waals surface area contributed by atoms with Crippen molar-refractivity contribution in [1.29, 1.82) is 0 Å². The van der Waals surface area contributed by atoms with Gasteiger partial charge in [-0.3, -0.25) is 9.59 Å². The molecule has 22 heavy (non-hydrogen) atoms. The van der Waals surface area contributed by atoms with E-state index in [1.165, 1.54) is 29.5 Å². The molecule has 110 valence electrons. The molecule has 0 fully saturated rings. The number of halogens is 1. The second-order valence-corrected chi connectivity index (χ2v) is 5.78. The van der Waals surface area contributed by atoms with Crippen LogP contribution in [0.3, 0.4) is 0 Å². The first-order valence-corrected chi connectivity index (χ1v) is 7.52. The van der Waals surface area contributed by atoms with E-state index in [1.54, 1.807) is 25.1 Å². The molecule has 2 aromatic heterocycles. The summed E-state index contributed by atoms with van der Waals surface area (Å²) < 4.78 is 12.8. The highest BCUT2D eigenvalue weighted by molar-refractivity contribution is 7.16. The average Bonchev–Trinajstić information content (AvgIpc) is 2.95. The number of rotatable bonds is 3. The maximum atomic E-state index is 12.8. The summed E-state index contributed by atoms with van der Waals surface area (Å²) in [5.74, 6) is -0.699. The van der Waals surface area contributed by atoms with Crippen LogP contribution >= 0.6 is 11.3 Å². The molecule has 2 heterocycles. The van der Waals surface area contributed by atoms with Crippen molar-refractivity contribution < 1.29 is 9.18 Å². The summed E-state index contributed by atoms with van der Waals surface area (Å²) in [7, 11) is 0. The number of carbonyl (C=O) groups is 1. The van der Waals surface area contributed by atoms with Gasteiger partial charge in [-0.1, -0.05) is 18.2 Å². The lowest BCUT2D eigenvalue weighted by atomic mass is 10.0. The number of hydrogen-bond donors (Lipinski definition) is 1. The molecule has 3 rings (SSSR count). The molecule has 0 aliphatic carbocycles. The molecular weight excluding hydrogens is 301 g/mol. The van der Waals surface area contributed by atoms with Gasteiger partial charge in [-0.15, -0.1) is 11.3 Å². The lowest BCUT2D eigenvalue weighted by Crippen LogP contribution is -2.18. The lowest BCUT2D eigenvalue weighted by Gasteiger charge is -2.02. The van der Waals surface area contributed by atoms with Crippen LogP contribution < -0.4 is 5.56 Å². The number of carbonyl (C=O) groups excluding carboxylic acids is 1. The molecule has 0 atom stereocenters. The molecular formula is C17H12FNO2S. The van der Waals surface area contributed by atoms with Crippen molar-refractivity contribution in [3.05, 3.63) is 74.6 Å². The number of allylic oxidation sites excluding steroid dienone is 1. The number of aromatic amines is 1. The summed E-state index contributed by atoms with van der Waals surface area (Å²) in [4.78, 5) is 27.9. The van der Waals surface area contributed by atoms with Crippen molar-refractivity contribution in [3.8, 4) is 0 Å². The van der Waals surface area contributed by atoms with E-state index in [0.717, 1.165) is 10.2 Å². The fraction of sp³-hybridized carbons (Fsp3) is 0.0588. The van der Waals surface area contributed by atoms with Gasteiger partial charge in [-0.2, -0.15) is 0 Å². The number of hydrogen-bond acceptors (Lipinski definition) is 3. The minimum atomic E-state index is -0.388. The fourth-order valence-corrected chi connectivity index (χ4v) is 3.14. The smallest absolute Gasteiger partial charge is 0.260 e. The largest absolute Gasteiger partial charge is 0.313 e. The van der Waals surface area contributed by atoms with Crippen molar-refractivity contribution in [2.75, 3.05) is 0 Å². The SMILES string of the molecule is Cc1c(C(=O)/C=C/c2ccc(F)cc2)c(=O)[nH]c2sccc12. The highest BCUT2D eigenvalue weighted by Crippen LogP contribution is 2.22. The molecule has 0 unspecified atom stereocenters. The number of aromatic nitrogens is 1. The van der Waals surface area contributed by atoms with E-state index in [0.29, 0.717) is 11.1 Å². The molecule has 1 aromatic carbocycles. The van der Waals surface area contributed by atoms with E-state index in [2.05, 4.69) is 4.98 Å². The van der Waals surface area contributed by atoms with Crippen molar-refractivity contribution in [2.24, 2.45) is 0 Å². The van der Waals surface area contributed by atoms with Gasteiger partial charge in [0.25, 0.3) is 5.56 Å². The molecule has 0 radical (unpaired) electrons. The summed E-state index contributed by atoms with van der Waals surface area (Å²) in [6.45, 7) is 1.77. The normalized spacial score (nSPS) is 11.4. The topological polar surface area (TPSA) is 49.9 Å². The zero-order valence-corrected chi connectivity index (χ0v) is 12.5. The average molecular weight is 313 g/mol. The second kappa shape index (κ2) is 5.69. The lowest BCUT2D eigenvalue weighted by molar-refractivity contribution is 0.104. The summed E-state index contributed by atoms with van der Waals surface area (Å²) >= 11 is 1.43. The van der Waals surface area contributed by atoms with Crippen molar-refractivity contribution >= 4 is 33.4 Å². The van der Waals surface area contributed by atoms with Crippen molar-refractivity contribution in [1.82, 2.24) is 4.98 Å². The van der Waals surface area contributed by atoms with Gasteiger partial charge in [0, 0.05) is 5.39 Å². The van der Waals surface area contributed by atoms with E-state index in [1.807, 2.05) is 11.4 Å². The Morgan fingerprint density at radius 2 is 1.95 bits per heavy atom. The highest BCUT2D eigenvalue weighted by atomic mass is 32.1. The van der Waals surface area contributed by atoms with Gasteiger partial charge in [0.2, 0.25) is 0 Å². The number of fused-ring (bicyclic) bond motifs is 1. The van der Waals surface area contributed by atoms with Crippen LogP contribution in [-0.2, 0) is 0 Å². The van der Waals surface area contributed by atoms with Gasteiger partial charge in [0.1, 0.15) is 10.6 Å². The molecule has 1 N–H and O–H groups in total. The molecule has 3 nitrogen and oxygen atoms in total. The predicted octanol–water partition coefficient (Wildman–Crippen LogP) is 3.93. The third kappa shape index (κ3) is 2.63. The molecule has 0 aliphatic rings. The molecule has 0 saturated heterocycles. The molecule has 0 saturated carbocycles. The van der Waals surface area contributed by atoms with Gasteiger partial charge in [0.05, 0.1) is 5.56 Å². The van der Waals surface area contributed by atoms with Crippen LogP contribution in [0.15, 0.2) is 46.6 Å². The highest BCUT2D eigenvalue weighted by Gasteiger charge is 2.14.